The van der Waals surface area contributed by atoms with Gasteiger partial charge >= 0.3 is 0 Å². The van der Waals surface area contributed by atoms with Gasteiger partial charge in [-0.25, -0.2) is 9.97 Å². The van der Waals surface area contributed by atoms with Crippen LogP contribution in [0.25, 0.3) is 11.3 Å². The van der Waals surface area contributed by atoms with E-state index in [0.29, 0.717) is 54.9 Å². The number of carbonyl (C=O) groups is 1. The van der Waals surface area contributed by atoms with Crippen LogP contribution in [0.1, 0.15) is 42.1 Å². The van der Waals surface area contributed by atoms with Gasteiger partial charge in [-0.1, -0.05) is 18.2 Å². The first-order valence-corrected chi connectivity index (χ1v) is 12.2. The molecule has 10 nitrogen and oxygen atoms in total. The lowest BCUT2D eigenvalue weighted by Crippen LogP contribution is -2.52. The number of hydrogen-bond donors (Lipinski definition) is 2. The van der Waals surface area contributed by atoms with E-state index in [9.17, 15) is 10.1 Å². The Labute approximate surface area is 209 Å². The first-order valence-electron chi connectivity index (χ1n) is 12.2. The van der Waals surface area contributed by atoms with Crippen molar-refractivity contribution in [2.24, 2.45) is 5.92 Å². The third-order valence-corrected chi connectivity index (χ3v) is 6.68. The summed E-state index contributed by atoms with van der Waals surface area (Å²) in [4.78, 5) is 21.9. The molecule has 2 aromatic heterocycles. The van der Waals surface area contributed by atoms with Crippen LogP contribution in [0.3, 0.4) is 0 Å². The molecule has 10 heteroatoms. The van der Waals surface area contributed by atoms with E-state index in [1.54, 1.807) is 31.6 Å². The molecule has 1 aliphatic carbocycles. The third kappa shape index (κ3) is 5.31. The summed E-state index contributed by atoms with van der Waals surface area (Å²) in [6.07, 6.45) is 8.63. The molecule has 2 fully saturated rings. The van der Waals surface area contributed by atoms with Gasteiger partial charge < -0.3 is 20.1 Å². The highest BCUT2D eigenvalue weighted by molar-refractivity contribution is 5.94. The number of hydrogen-bond acceptors (Lipinski definition) is 8. The van der Waals surface area contributed by atoms with Crippen LogP contribution in [0.5, 0.6) is 5.75 Å². The highest BCUT2D eigenvalue weighted by Crippen LogP contribution is 2.41. The normalized spacial score (nSPS) is 20.2. The van der Waals surface area contributed by atoms with Crippen LogP contribution in [0.15, 0.2) is 48.9 Å². The lowest BCUT2D eigenvalue weighted by Gasteiger charge is -2.32. The molecule has 1 saturated carbocycles. The Kier molecular flexibility index (Phi) is 7.09. The van der Waals surface area contributed by atoms with Gasteiger partial charge in [0, 0.05) is 23.9 Å². The smallest absolute Gasteiger partial charge is 0.251 e. The Bertz CT molecular complexity index is 1240. The first kappa shape index (κ1) is 23.8. The van der Waals surface area contributed by atoms with Crippen LogP contribution in [0.2, 0.25) is 0 Å². The minimum Gasteiger partial charge on any atom is -0.493 e. The summed E-state index contributed by atoms with van der Waals surface area (Å²) in [5, 5.41) is 20.2. The Morgan fingerprint density at radius 3 is 2.83 bits per heavy atom. The van der Waals surface area contributed by atoms with Crippen LogP contribution < -0.4 is 15.4 Å². The number of benzene rings is 1. The van der Waals surface area contributed by atoms with E-state index >= 15 is 0 Å². The second-order valence-corrected chi connectivity index (χ2v) is 9.15. The van der Waals surface area contributed by atoms with Gasteiger partial charge in [0.1, 0.15) is 5.69 Å². The van der Waals surface area contributed by atoms with Crippen LogP contribution in [-0.4, -0.2) is 58.1 Å². The van der Waals surface area contributed by atoms with Gasteiger partial charge in [0.05, 0.1) is 56.7 Å². The molecule has 3 atom stereocenters. The summed E-state index contributed by atoms with van der Waals surface area (Å²) in [6.45, 7) is 0.982. The van der Waals surface area contributed by atoms with Crippen LogP contribution in [0.4, 0.5) is 5.95 Å². The molecule has 5 rings (SSSR count). The topological polar surface area (TPSA) is 127 Å². The van der Waals surface area contributed by atoms with Crippen LogP contribution in [0, 0.1) is 17.2 Å². The minimum absolute atomic E-state index is 0.0718. The van der Waals surface area contributed by atoms with Crippen molar-refractivity contribution in [3.63, 3.8) is 0 Å². The number of nitriles is 1. The number of nitrogens with one attached hydrogen (secondary N) is 2. The van der Waals surface area contributed by atoms with E-state index in [-0.39, 0.29) is 24.0 Å². The molecule has 1 amide bonds. The van der Waals surface area contributed by atoms with Gasteiger partial charge in [0.2, 0.25) is 5.95 Å². The van der Waals surface area contributed by atoms with Crippen molar-refractivity contribution < 1.29 is 14.3 Å². The van der Waals surface area contributed by atoms with E-state index in [4.69, 9.17) is 14.5 Å². The zero-order valence-electron chi connectivity index (χ0n) is 20.1. The number of anilines is 1. The first-order chi connectivity index (χ1) is 17.7. The van der Waals surface area contributed by atoms with E-state index in [2.05, 4.69) is 26.8 Å². The van der Waals surface area contributed by atoms with Crippen molar-refractivity contribution in [2.45, 2.75) is 43.8 Å². The van der Waals surface area contributed by atoms with Gasteiger partial charge in [-0.3, -0.25) is 9.48 Å². The van der Waals surface area contributed by atoms with Crippen LogP contribution >= 0.6 is 0 Å². The zero-order valence-corrected chi connectivity index (χ0v) is 20.1. The Morgan fingerprint density at radius 1 is 1.25 bits per heavy atom. The van der Waals surface area contributed by atoms with Gasteiger partial charge in [0.15, 0.2) is 5.75 Å². The van der Waals surface area contributed by atoms with Crippen LogP contribution in [-0.2, 0) is 4.74 Å². The average molecular weight is 488 g/mol. The van der Waals surface area contributed by atoms with Crippen molar-refractivity contribution in [2.75, 3.05) is 25.6 Å². The molecule has 186 valence electrons. The maximum Gasteiger partial charge on any atom is 0.251 e. The molecule has 0 bridgehead atoms. The second kappa shape index (κ2) is 10.7. The molecular formula is C26H29N7O3. The molecule has 1 aliphatic heterocycles. The molecule has 3 unspecified atom stereocenters. The summed E-state index contributed by atoms with van der Waals surface area (Å²) in [6, 6.07) is 11.2. The number of nitrogens with zero attached hydrogens (tertiary/aromatic N) is 5. The minimum atomic E-state index is -0.203. The molecule has 0 radical (unpaired) electrons. The van der Waals surface area contributed by atoms with E-state index in [0.717, 1.165) is 18.4 Å². The molecular weight excluding hydrogens is 458 g/mol. The van der Waals surface area contributed by atoms with Crippen molar-refractivity contribution >= 4 is 11.9 Å². The van der Waals surface area contributed by atoms with E-state index in [1.165, 1.54) is 0 Å². The van der Waals surface area contributed by atoms with Crippen molar-refractivity contribution in [1.82, 2.24) is 25.1 Å². The quantitative estimate of drug-likeness (QED) is 0.471. The van der Waals surface area contributed by atoms with Crippen molar-refractivity contribution in [1.29, 1.82) is 5.26 Å². The maximum absolute atomic E-state index is 12.7. The van der Waals surface area contributed by atoms with Gasteiger partial charge in [0.25, 0.3) is 5.91 Å². The molecule has 3 aromatic rings. The molecule has 3 heterocycles. The number of rotatable bonds is 9. The summed E-state index contributed by atoms with van der Waals surface area (Å²) in [7, 11) is 1.58. The monoisotopic (exact) mass is 487 g/mol. The standard InChI is InChI=1S/C26H29N7O3/c1-35-23-14-28-26(32-24(23)19-13-29-33(15-19)22(9-11-27)17-7-8-17)31-21-16-36-12-10-20(21)30-25(34)18-5-3-2-4-6-18/h2-6,13-15,17,20-22H,7-10,12,16H2,1H3,(H,30,34)(H,28,31,32). The van der Waals surface area contributed by atoms with Gasteiger partial charge in [-0.2, -0.15) is 10.4 Å². The zero-order chi connectivity index (χ0) is 24.9. The number of ether oxygens (including phenoxy) is 2. The second-order valence-electron chi connectivity index (χ2n) is 9.15. The lowest BCUT2D eigenvalue weighted by molar-refractivity contribution is 0.0619. The highest BCUT2D eigenvalue weighted by Gasteiger charge is 2.33. The fourth-order valence-corrected chi connectivity index (χ4v) is 4.55. The molecule has 36 heavy (non-hydrogen) atoms. The molecule has 1 saturated heterocycles. The average Bonchev–Trinajstić information content (AvgIpc) is 3.64. The fraction of sp³-hybridized carbons (Fsp3) is 0.423. The Morgan fingerprint density at radius 2 is 2.08 bits per heavy atom. The van der Waals surface area contributed by atoms with Gasteiger partial charge in [-0.15, -0.1) is 0 Å². The third-order valence-electron chi connectivity index (χ3n) is 6.68. The summed E-state index contributed by atoms with van der Waals surface area (Å²) >= 11 is 0. The maximum atomic E-state index is 12.7. The van der Waals surface area contributed by atoms with Gasteiger partial charge in [-0.05, 0) is 37.3 Å². The largest absolute Gasteiger partial charge is 0.493 e. The Balaban J connectivity index is 1.34. The van der Waals surface area contributed by atoms with Crippen molar-refractivity contribution in [3.05, 3.63) is 54.5 Å². The highest BCUT2D eigenvalue weighted by atomic mass is 16.5. The molecule has 2 aliphatic rings. The van der Waals surface area contributed by atoms with E-state index < -0.39 is 0 Å². The Hall–Kier alpha value is -3.97. The lowest BCUT2D eigenvalue weighted by atomic mass is 10.0. The summed E-state index contributed by atoms with van der Waals surface area (Å²) in [5.41, 5.74) is 2.01. The summed E-state index contributed by atoms with van der Waals surface area (Å²) < 4.78 is 13.1. The SMILES string of the molecule is COc1cnc(NC2COCCC2NC(=O)c2ccccc2)nc1-c1cnn(C(CC#N)C2CC2)c1. The number of methoxy groups -OCH3 is 1. The number of aromatic nitrogens is 4. The fourth-order valence-electron chi connectivity index (χ4n) is 4.55. The molecule has 1 aromatic carbocycles. The number of amides is 1. The summed E-state index contributed by atoms with van der Waals surface area (Å²) in [5.74, 6) is 1.30. The van der Waals surface area contributed by atoms with Crippen molar-refractivity contribution in [3.8, 4) is 23.1 Å². The van der Waals surface area contributed by atoms with E-state index in [1.807, 2.05) is 29.1 Å². The number of carbonyl (C=O) groups excluding carboxylic acids is 1. The predicted molar refractivity (Wildman–Crippen MR) is 132 cm³/mol. The molecule has 0 spiro atoms. The predicted octanol–water partition coefficient (Wildman–Crippen LogP) is 3.21. The molecule has 2 N–H and O–H groups in total.